The average molecular weight is 683 g/mol. The molecule has 0 saturated heterocycles. The van der Waals surface area contributed by atoms with Crippen LogP contribution in [0.5, 0.6) is 17.2 Å². The number of benzene rings is 3. The molecule has 1 heterocycles. The molecule has 1 aliphatic heterocycles. The molecule has 1 aliphatic rings. The Morgan fingerprint density at radius 2 is 1.65 bits per heavy atom. The summed E-state index contributed by atoms with van der Waals surface area (Å²) < 4.78 is 17.3. The van der Waals surface area contributed by atoms with Gasteiger partial charge < -0.3 is 19.1 Å². The van der Waals surface area contributed by atoms with Crippen LogP contribution in [0.3, 0.4) is 0 Å². The maximum absolute atomic E-state index is 13.5. The van der Waals surface area contributed by atoms with Gasteiger partial charge in [0.15, 0.2) is 11.5 Å². The number of ether oxygens (including phenoxy) is 3. The first-order valence-corrected chi connectivity index (χ1v) is 11.4. The van der Waals surface area contributed by atoms with Crippen LogP contribution in [-0.2, 0) is 11.2 Å². The first-order valence-electron chi connectivity index (χ1n) is 11.4. The van der Waals surface area contributed by atoms with Crippen molar-refractivity contribution in [3.8, 4) is 17.2 Å². The van der Waals surface area contributed by atoms with Gasteiger partial charge in [-0.3, -0.25) is 4.79 Å². The van der Waals surface area contributed by atoms with Gasteiger partial charge in [-0.15, -0.1) is 5.56 Å². The molecule has 1 atom stereocenters. The van der Waals surface area contributed by atoms with Crippen LogP contribution in [0.2, 0.25) is 0 Å². The maximum Gasteiger partial charge on any atom is 0.232 e. The predicted octanol–water partition coefficient (Wildman–Crippen LogP) is 5.75. The number of methoxy groups -OCH3 is 2. The molecule has 0 radical (unpaired) electrons. The van der Waals surface area contributed by atoms with Gasteiger partial charge in [-0.05, 0) is 60.4 Å². The van der Waals surface area contributed by atoms with Crippen LogP contribution in [0.15, 0.2) is 60.7 Å². The first kappa shape index (κ1) is 26.2. The Balaban J connectivity index is 0.00000324. The molecule has 0 spiro atoms. The number of rotatable bonds is 8. The molecular formula is C28H30NO4U-. The number of amides is 1. The summed E-state index contributed by atoms with van der Waals surface area (Å²) in [4.78, 5) is 15.3. The van der Waals surface area contributed by atoms with E-state index < -0.39 is 0 Å². The van der Waals surface area contributed by atoms with Crippen molar-refractivity contribution in [2.75, 3.05) is 19.1 Å². The van der Waals surface area contributed by atoms with E-state index in [1.54, 1.807) is 14.2 Å². The van der Waals surface area contributed by atoms with Crippen LogP contribution in [0.4, 0.5) is 5.69 Å². The third-order valence-electron chi connectivity index (χ3n) is 6.20. The molecule has 4 rings (SSSR count). The summed E-state index contributed by atoms with van der Waals surface area (Å²) in [5.74, 6) is 2.15. The summed E-state index contributed by atoms with van der Waals surface area (Å²) in [5.41, 5.74) is 3.83. The maximum atomic E-state index is 13.5. The Morgan fingerprint density at radius 3 is 2.24 bits per heavy atom. The number of carbonyl (C=O) groups excluding carboxylic acids is 1. The number of anilines is 1. The molecule has 176 valence electrons. The smallest absolute Gasteiger partial charge is 0.232 e. The zero-order chi connectivity index (χ0) is 23.4. The Bertz CT molecular complexity index is 1100. The van der Waals surface area contributed by atoms with Crippen molar-refractivity contribution in [2.45, 2.75) is 45.3 Å². The van der Waals surface area contributed by atoms with E-state index in [9.17, 15) is 4.79 Å². The monoisotopic (exact) mass is 682 g/mol. The van der Waals surface area contributed by atoms with Crippen molar-refractivity contribution in [1.29, 1.82) is 0 Å². The van der Waals surface area contributed by atoms with Crippen LogP contribution in [0, 0.1) is 37.2 Å². The third kappa shape index (κ3) is 5.29. The van der Waals surface area contributed by atoms with Gasteiger partial charge in [-0.25, -0.2) is 0 Å². The molecule has 34 heavy (non-hydrogen) atoms. The third-order valence-corrected chi connectivity index (χ3v) is 6.20. The molecule has 0 aliphatic carbocycles. The second-order valence-corrected chi connectivity index (χ2v) is 8.13. The van der Waals surface area contributed by atoms with Crippen molar-refractivity contribution in [3.63, 3.8) is 0 Å². The predicted molar refractivity (Wildman–Crippen MR) is 129 cm³/mol. The number of carbonyl (C=O) groups is 1. The summed E-state index contributed by atoms with van der Waals surface area (Å²) in [6, 6.07) is 22.2. The number of nitrogens with zero attached hydrogens (tertiary/aromatic N) is 1. The number of hydrogen-bond donors (Lipinski definition) is 0. The normalized spacial score (nSPS) is 14.9. The van der Waals surface area contributed by atoms with E-state index in [4.69, 9.17) is 14.2 Å². The minimum Gasteiger partial charge on any atom is -0.497 e. The van der Waals surface area contributed by atoms with Crippen LogP contribution < -0.4 is 19.1 Å². The number of hydrogen-bond acceptors (Lipinski definition) is 4. The van der Waals surface area contributed by atoms with Gasteiger partial charge >= 0.3 is 0 Å². The second-order valence-electron chi connectivity index (χ2n) is 8.13. The van der Waals surface area contributed by atoms with E-state index in [2.05, 4.69) is 26.0 Å². The SMILES string of the molecule is CCC(CC)Oc1cc2c(cc1OC)CC(=O)N(c1ccc(OC)cc1)C2c1cc[c-]cc1.[U]. The average Bonchev–Trinajstić information content (AvgIpc) is 2.86. The van der Waals surface area contributed by atoms with E-state index in [-0.39, 0.29) is 49.2 Å². The summed E-state index contributed by atoms with van der Waals surface area (Å²) in [6.07, 6.45) is 2.21. The minimum absolute atomic E-state index is 0. The largest absolute Gasteiger partial charge is 0.497 e. The molecule has 0 aromatic heterocycles. The molecular weight excluding hydrogens is 652 g/mol. The van der Waals surface area contributed by atoms with E-state index in [1.807, 2.05) is 59.5 Å². The fraction of sp³-hybridized carbons (Fsp3) is 0.321. The number of fused-ring (bicyclic) bond motifs is 1. The molecule has 1 unspecified atom stereocenters. The van der Waals surface area contributed by atoms with Crippen molar-refractivity contribution < 1.29 is 50.1 Å². The van der Waals surface area contributed by atoms with Crippen LogP contribution >= 0.6 is 0 Å². The zero-order valence-corrected chi connectivity index (χ0v) is 24.3. The quantitative estimate of drug-likeness (QED) is 0.284. The summed E-state index contributed by atoms with van der Waals surface area (Å²) in [7, 11) is 3.27. The molecule has 0 fully saturated rings. The molecule has 5 nitrogen and oxygen atoms in total. The van der Waals surface area contributed by atoms with Crippen molar-refractivity contribution in [1.82, 2.24) is 0 Å². The van der Waals surface area contributed by atoms with Gasteiger partial charge in [0.25, 0.3) is 0 Å². The molecule has 0 N–H and O–H groups in total. The fourth-order valence-electron chi connectivity index (χ4n) is 4.39. The Kier molecular flexibility index (Phi) is 9.11. The molecule has 6 heteroatoms. The van der Waals surface area contributed by atoms with Crippen molar-refractivity contribution in [3.05, 3.63) is 83.4 Å². The van der Waals surface area contributed by atoms with Gasteiger partial charge in [0.2, 0.25) is 5.91 Å². The van der Waals surface area contributed by atoms with E-state index in [1.165, 1.54) is 0 Å². The van der Waals surface area contributed by atoms with E-state index in [0.717, 1.165) is 41.0 Å². The minimum atomic E-state index is -0.292. The van der Waals surface area contributed by atoms with E-state index >= 15 is 0 Å². The van der Waals surface area contributed by atoms with Crippen LogP contribution in [0.25, 0.3) is 0 Å². The van der Waals surface area contributed by atoms with Gasteiger partial charge in [0.05, 0.1) is 32.8 Å². The van der Waals surface area contributed by atoms with Crippen LogP contribution in [0.1, 0.15) is 49.4 Å². The molecule has 1 amide bonds. The van der Waals surface area contributed by atoms with Crippen LogP contribution in [-0.4, -0.2) is 26.2 Å². The summed E-state index contributed by atoms with van der Waals surface area (Å²) >= 11 is 0. The Hall–Kier alpha value is -2.42. The molecule has 0 bridgehead atoms. The molecule has 3 aromatic carbocycles. The van der Waals surface area contributed by atoms with Gasteiger partial charge in [0.1, 0.15) is 5.75 Å². The standard InChI is InChI=1S/C28H30NO4.U/c1-5-22(6-2)33-26-18-24-20(16-25(26)32-4)17-27(30)29(21-12-14-23(31-3)15-13-21)28(24)19-10-8-7-9-11-19;/h8-16,18,22,28H,5-6,17H2,1-4H3;/q-1;. The van der Waals surface area contributed by atoms with Gasteiger partial charge in [-0.1, -0.05) is 13.8 Å². The van der Waals surface area contributed by atoms with Gasteiger partial charge in [0, 0.05) is 36.8 Å². The molecule has 0 saturated carbocycles. The first-order chi connectivity index (χ1) is 16.1. The molecule has 3 aromatic rings. The van der Waals surface area contributed by atoms with Crippen molar-refractivity contribution >= 4 is 11.6 Å². The summed E-state index contributed by atoms with van der Waals surface area (Å²) in [6.45, 7) is 4.23. The second kappa shape index (κ2) is 11.8. The Labute approximate surface area is 225 Å². The Morgan fingerprint density at radius 1 is 0.971 bits per heavy atom. The van der Waals surface area contributed by atoms with E-state index in [0.29, 0.717) is 17.9 Å². The fourth-order valence-corrected chi connectivity index (χ4v) is 4.39. The zero-order valence-electron chi connectivity index (χ0n) is 20.1. The van der Waals surface area contributed by atoms with Gasteiger partial charge in [-0.2, -0.15) is 30.3 Å². The van der Waals surface area contributed by atoms with Crippen molar-refractivity contribution in [2.24, 2.45) is 0 Å². The topological polar surface area (TPSA) is 48.0 Å². The summed E-state index contributed by atoms with van der Waals surface area (Å²) in [5, 5.41) is 0.